The molecule has 0 aromatic heterocycles. The summed E-state index contributed by atoms with van der Waals surface area (Å²) in [5.74, 6) is 2.50. The Morgan fingerprint density at radius 2 is 2.17 bits per heavy atom. The highest BCUT2D eigenvalue weighted by atomic mass is 79.9. The molecule has 2 bridgehead atoms. The van der Waals surface area contributed by atoms with Crippen LogP contribution < -0.4 is 10.5 Å². The van der Waals surface area contributed by atoms with Crippen molar-refractivity contribution in [2.24, 2.45) is 17.8 Å². The molecule has 1 aromatic carbocycles. The third-order valence-corrected chi connectivity index (χ3v) is 5.00. The molecule has 0 amide bonds. The largest absolute Gasteiger partial charge is 0.491 e. The molecule has 2 aliphatic carbocycles. The summed E-state index contributed by atoms with van der Waals surface area (Å²) in [5, 5.41) is 0. The summed E-state index contributed by atoms with van der Waals surface area (Å²) in [6.45, 7) is 0.673. The van der Waals surface area contributed by atoms with E-state index in [-0.39, 0.29) is 5.82 Å². The fraction of sp³-hybridized carbons (Fsp3) is 0.571. The molecule has 3 rings (SSSR count). The zero-order chi connectivity index (χ0) is 12.7. The predicted molar refractivity (Wildman–Crippen MR) is 72.9 cm³/mol. The highest BCUT2D eigenvalue weighted by Gasteiger charge is 2.39. The molecular formula is C14H17BrFNO. The molecule has 3 unspecified atom stereocenters. The molecule has 2 aliphatic rings. The minimum atomic E-state index is -0.327. The smallest absolute Gasteiger partial charge is 0.145 e. The van der Waals surface area contributed by atoms with Crippen molar-refractivity contribution in [1.82, 2.24) is 0 Å². The first-order valence-corrected chi connectivity index (χ1v) is 7.30. The third-order valence-electron chi connectivity index (χ3n) is 4.39. The van der Waals surface area contributed by atoms with Crippen LogP contribution in [0.25, 0.3) is 0 Å². The van der Waals surface area contributed by atoms with Crippen molar-refractivity contribution in [3.05, 3.63) is 22.4 Å². The monoisotopic (exact) mass is 313 g/mol. The Labute approximate surface area is 115 Å². The lowest BCUT2D eigenvalue weighted by atomic mass is 9.89. The molecule has 2 nitrogen and oxygen atoms in total. The number of nitrogen functional groups attached to an aromatic ring is 1. The highest BCUT2D eigenvalue weighted by molar-refractivity contribution is 9.10. The fourth-order valence-corrected chi connectivity index (χ4v) is 3.81. The second-order valence-corrected chi connectivity index (χ2v) is 6.40. The topological polar surface area (TPSA) is 35.2 Å². The average molecular weight is 314 g/mol. The molecule has 0 aliphatic heterocycles. The minimum absolute atomic E-state index is 0.327. The molecule has 98 valence electrons. The summed E-state index contributed by atoms with van der Waals surface area (Å²) in [7, 11) is 0. The zero-order valence-corrected chi connectivity index (χ0v) is 11.7. The van der Waals surface area contributed by atoms with E-state index in [1.165, 1.54) is 31.7 Å². The van der Waals surface area contributed by atoms with Gasteiger partial charge in [-0.2, -0.15) is 0 Å². The third kappa shape index (κ3) is 2.22. The summed E-state index contributed by atoms with van der Waals surface area (Å²) >= 11 is 3.11. The van der Waals surface area contributed by atoms with Crippen LogP contribution in [0.3, 0.4) is 0 Å². The van der Waals surface area contributed by atoms with E-state index >= 15 is 0 Å². The van der Waals surface area contributed by atoms with Gasteiger partial charge in [0.25, 0.3) is 0 Å². The van der Waals surface area contributed by atoms with Crippen molar-refractivity contribution in [1.29, 1.82) is 0 Å². The maximum absolute atomic E-state index is 13.4. The summed E-state index contributed by atoms with van der Waals surface area (Å²) in [6, 6.07) is 2.93. The van der Waals surface area contributed by atoms with Crippen LogP contribution in [0.4, 0.5) is 10.1 Å². The maximum Gasteiger partial charge on any atom is 0.145 e. The van der Waals surface area contributed by atoms with Crippen LogP contribution in [0, 0.1) is 23.6 Å². The maximum atomic E-state index is 13.4. The van der Waals surface area contributed by atoms with E-state index in [2.05, 4.69) is 15.9 Å². The SMILES string of the molecule is Nc1cc(Br)c(F)cc1OCC1CC2CCC1C2. The van der Waals surface area contributed by atoms with Gasteiger partial charge in [-0.25, -0.2) is 4.39 Å². The number of rotatable bonds is 3. The average Bonchev–Trinajstić information content (AvgIpc) is 2.94. The van der Waals surface area contributed by atoms with Gasteiger partial charge < -0.3 is 10.5 Å². The Morgan fingerprint density at radius 1 is 1.33 bits per heavy atom. The van der Waals surface area contributed by atoms with Gasteiger partial charge >= 0.3 is 0 Å². The van der Waals surface area contributed by atoms with Crippen molar-refractivity contribution in [2.45, 2.75) is 25.7 Å². The van der Waals surface area contributed by atoms with Crippen LogP contribution in [-0.2, 0) is 0 Å². The van der Waals surface area contributed by atoms with Gasteiger partial charge in [-0.15, -0.1) is 0 Å². The Bertz CT molecular complexity index is 465. The van der Waals surface area contributed by atoms with E-state index in [9.17, 15) is 4.39 Å². The van der Waals surface area contributed by atoms with Gasteiger partial charge in [0, 0.05) is 6.07 Å². The van der Waals surface area contributed by atoms with Gasteiger partial charge in [0.15, 0.2) is 0 Å². The molecule has 3 atom stereocenters. The normalized spacial score (nSPS) is 29.8. The van der Waals surface area contributed by atoms with Crippen LogP contribution in [0.2, 0.25) is 0 Å². The lowest BCUT2D eigenvalue weighted by Crippen LogP contribution is -2.18. The summed E-state index contributed by atoms with van der Waals surface area (Å²) < 4.78 is 19.5. The number of hydrogen-bond acceptors (Lipinski definition) is 2. The summed E-state index contributed by atoms with van der Waals surface area (Å²) in [5.41, 5.74) is 6.32. The van der Waals surface area contributed by atoms with E-state index in [1.807, 2.05) is 0 Å². The van der Waals surface area contributed by atoms with Crippen LogP contribution >= 0.6 is 15.9 Å². The summed E-state index contributed by atoms with van der Waals surface area (Å²) in [6.07, 6.45) is 5.35. The first-order valence-electron chi connectivity index (χ1n) is 6.51. The van der Waals surface area contributed by atoms with E-state index in [0.717, 1.165) is 11.8 Å². The number of nitrogens with two attached hydrogens (primary N) is 1. The van der Waals surface area contributed by atoms with Crippen molar-refractivity contribution >= 4 is 21.6 Å². The first kappa shape index (κ1) is 12.3. The molecule has 2 N–H and O–H groups in total. The molecule has 0 radical (unpaired) electrons. The lowest BCUT2D eigenvalue weighted by Gasteiger charge is -2.22. The van der Waals surface area contributed by atoms with Crippen LogP contribution in [0.5, 0.6) is 5.75 Å². The number of hydrogen-bond donors (Lipinski definition) is 1. The zero-order valence-electron chi connectivity index (χ0n) is 10.2. The summed E-state index contributed by atoms with van der Waals surface area (Å²) in [4.78, 5) is 0. The van der Waals surface area contributed by atoms with Gasteiger partial charge in [0.05, 0.1) is 16.8 Å². The quantitative estimate of drug-likeness (QED) is 0.856. The molecule has 4 heteroatoms. The van der Waals surface area contributed by atoms with Gasteiger partial charge in [0.1, 0.15) is 11.6 Å². The lowest BCUT2D eigenvalue weighted by molar-refractivity contribution is 0.195. The molecule has 2 saturated carbocycles. The molecule has 1 aromatic rings. The number of ether oxygens (including phenoxy) is 1. The molecule has 2 fully saturated rings. The molecule has 0 spiro atoms. The van der Waals surface area contributed by atoms with Crippen LogP contribution in [-0.4, -0.2) is 6.61 Å². The Balaban J connectivity index is 1.65. The standard InChI is InChI=1S/C14H17BrFNO/c15-11-5-13(17)14(6-12(11)16)18-7-10-4-8-1-2-9(10)3-8/h5-6,8-10H,1-4,7,17H2. The Morgan fingerprint density at radius 3 is 2.83 bits per heavy atom. The van der Waals surface area contributed by atoms with Crippen LogP contribution in [0.1, 0.15) is 25.7 Å². The Hall–Kier alpha value is -0.770. The van der Waals surface area contributed by atoms with E-state index in [0.29, 0.717) is 28.4 Å². The Kier molecular flexibility index (Phi) is 3.22. The van der Waals surface area contributed by atoms with Gasteiger partial charge in [0.2, 0.25) is 0 Å². The first-order chi connectivity index (χ1) is 8.63. The van der Waals surface area contributed by atoms with Gasteiger partial charge in [-0.3, -0.25) is 0 Å². The number of halogens is 2. The van der Waals surface area contributed by atoms with E-state index in [4.69, 9.17) is 10.5 Å². The second kappa shape index (κ2) is 4.72. The molecular weight excluding hydrogens is 297 g/mol. The second-order valence-electron chi connectivity index (χ2n) is 5.55. The van der Waals surface area contributed by atoms with E-state index in [1.54, 1.807) is 6.07 Å². The predicted octanol–water partition coefficient (Wildman–Crippen LogP) is 3.99. The van der Waals surface area contributed by atoms with E-state index < -0.39 is 0 Å². The number of anilines is 1. The van der Waals surface area contributed by atoms with Crippen molar-refractivity contribution in [2.75, 3.05) is 12.3 Å². The van der Waals surface area contributed by atoms with Gasteiger partial charge in [-0.05, 0) is 59.0 Å². The fourth-order valence-electron chi connectivity index (χ4n) is 3.45. The molecule has 0 saturated heterocycles. The minimum Gasteiger partial charge on any atom is -0.491 e. The van der Waals surface area contributed by atoms with Crippen molar-refractivity contribution in [3.8, 4) is 5.75 Å². The van der Waals surface area contributed by atoms with Crippen molar-refractivity contribution < 1.29 is 9.13 Å². The number of benzene rings is 1. The van der Waals surface area contributed by atoms with Crippen LogP contribution in [0.15, 0.2) is 16.6 Å². The molecule has 0 heterocycles. The molecule has 18 heavy (non-hydrogen) atoms. The van der Waals surface area contributed by atoms with Gasteiger partial charge in [-0.1, -0.05) is 6.42 Å². The number of fused-ring (bicyclic) bond motifs is 2. The highest BCUT2D eigenvalue weighted by Crippen LogP contribution is 2.48. The van der Waals surface area contributed by atoms with Crippen molar-refractivity contribution in [3.63, 3.8) is 0 Å².